The van der Waals surface area contributed by atoms with Crippen molar-refractivity contribution in [3.8, 4) is 11.5 Å². The molecule has 0 heterocycles. The Morgan fingerprint density at radius 3 is 2.52 bits per heavy atom. The number of amides is 1. The summed E-state index contributed by atoms with van der Waals surface area (Å²) in [5.41, 5.74) is 0.330. The van der Waals surface area contributed by atoms with Crippen LogP contribution >= 0.6 is 0 Å². The van der Waals surface area contributed by atoms with Crippen molar-refractivity contribution in [2.75, 3.05) is 31.4 Å². The molecule has 0 spiro atoms. The van der Waals surface area contributed by atoms with E-state index < -0.39 is 17.5 Å². The molecule has 0 fully saturated rings. The maximum atomic E-state index is 13.5. The third-order valence-corrected chi connectivity index (χ3v) is 3.05. The van der Waals surface area contributed by atoms with Gasteiger partial charge in [0.05, 0.1) is 32.1 Å². The number of halogens is 2. The minimum absolute atomic E-state index is 0.0854. The predicted octanol–water partition coefficient (Wildman–Crippen LogP) is 3.03. The van der Waals surface area contributed by atoms with E-state index in [4.69, 9.17) is 9.47 Å². The Morgan fingerprint density at radius 1 is 1.04 bits per heavy atom. The van der Waals surface area contributed by atoms with Gasteiger partial charge in [-0.3, -0.25) is 4.79 Å². The third-order valence-electron chi connectivity index (χ3n) is 3.05. The quantitative estimate of drug-likeness (QED) is 0.858. The lowest BCUT2D eigenvalue weighted by Gasteiger charge is -2.12. The molecule has 0 aliphatic rings. The van der Waals surface area contributed by atoms with Crippen molar-refractivity contribution >= 4 is 17.3 Å². The van der Waals surface area contributed by atoms with Crippen molar-refractivity contribution < 1.29 is 23.0 Å². The minimum Gasteiger partial charge on any atom is -0.497 e. The first-order chi connectivity index (χ1) is 11.0. The van der Waals surface area contributed by atoms with Gasteiger partial charge in [0.25, 0.3) is 0 Å². The van der Waals surface area contributed by atoms with Crippen LogP contribution in [0.2, 0.25) is 0 Å². The Labute approximate surface area is 132 Å². The van der Waals surface area contributed by atoms with Gasteiger partial charge in [0, 0.05) is 6.07 Å². The zero-order valence-corrected chi connectivity index (χ0v) is 12.7. The molecule has 0 unspecified atom stereocenters. The second-order valence-electron chi connectivity index (χ2n) is 4.59. The minimum atomic E-state index is -0.641. The van der Waals surface area contributed by atoms with Gasteiger partial charge in [0.1, 0.15) is 23.1 Å². The number of anilines is 2. The molecule has 1 amide bonds. The first-order valence-corrected chi connectivity index (χ1v) is 6.74. The van der Waals surface area contributed by atoms with Gasteiger partial charge in [-0.25, -0.2) is 8.78 Å². The van der Waals surface area contributed by atoms with Crippen LogP contribution in [0.4, 0.5) is 20.2 Å². The number of methoxy groups -OCH3 is 2. The molecule has 0 bridgehead atoms. The van der Waals surface area contributed by atoms with E-state index in [9.17, 15) is 13.6 Å². The zero-order valence-electron chi connectivity index (χ0n) is 12.7. The number of benzene rings is 2. The molecular weight excluding hydrogens is 306 g/mol. The van der Waals surface area contributed by atoms with Gasteiger partial charge in [-0.2, -0.15) is 0 Å². The first kappa shape index (κ1) is 16.5. The molecule has 23 heavy (non-hydrogen) atoms. The third kappa shape index (κ3) is 4.32. The molecule has 0 aromatic heterocycles. The van der Waals surface area contributed by atoms with E-state index in [0.29, 0.717) is 17.2 Å². The molecule has 7 heteroatoms. The van der Waals surface area contributed by atoms with E-state index >= 15 is 0 Å². The van der Waals surface area contributed by atoms with E-state index in [1.165, 1.54) is 14.2 Å². The second-order valence-corrected chi connectivity index (χ2v) is 4.59. The van der Waals surface area contributed by atoms with E-state index in [0.717, 1.165) is 18.2 Å². The molecule has 0 saturated carbocycles. The van der Waals surface area contributed by atoms with Gasteiger partial charge >= 0.3 is 0 Å². The van der Waals surface area contributed by atoms with Crippen LogP contribution in [-0.4, -0.2) is 26.7 Å². The Kier molecular flexibility index (Phi) is 5.35. The second kappa shape index (κ2) is 7.44. The number of nitrogens with one attached hydrogen (secondary N) is 2. The predicted molar refractivity (Wildman–Crippen MR) is 83.0 cm³/mol. The fraction of sp³-hybridized carbons (Fsp3) is 0.188. The maximum absolute atomic E-state index is 13.5. The van der Waals surface area contributed by atoms with Gasteiger partial charge in [-0.05, 0) is 30.3 Å². The molecule has 0 saturated heterocycles. The summed E-state index contributed by atoms with van der Waals surface area (Å²) in [4.78, 5) is 12.0. The summed E-state index contributed by atoms with van der Waals surface area (Å²) >= 11 is 0. The Hall–Kier alpha value is -2.83. The van der Waals surface area contributed by atoms with Crippen LogP contribution in [0.15, 0.2) is 36.4 Å². The molecule has 0 aliphatic heterocycles. The maximum Gasteiger partial charge on any atom is 0.243 e. The fourth-order valence-electron chi connectivity index (χ4n) is 1.91. The standard InChI is InChI=1S/C16H16F2N2O3/c1-22-11-4-6-15(23-2)14(8-11)20-16(21)9-19-13-7-10(17)3-5-12(13)18/h3-8,19H,9H2,1-2H3,(H,20,21). The summed E-state index contributed by atoms with van der Waals surface area (Å²) in [6.07, 6.45) is 0. The molecule has 2 rings (SSSR count). The summed E-state index contributed by atoms with van der Waals surface area (Å²) in [6.45, 7) is -0.235. The first-order valence-electron chi connectivity index (χ1n) is 6.74. The molecule has 0 aliphatic carbocycles. The van der Waals surface area contributed by atoms with Crippen molar-refractivity contribution in [3.63, 3.8) is 0 Å². The lowest BCUT2D eigenvalue weighted by molar-refractivity contribution is -0.114. The van der Waals surface area contributed by atoms with Gasteiger partial charge in [0.15, 0.2) is 0 Å². The van der Waals surface area contributed by atoms with Crippen LogP contribution in [-0.2, 0) is 4.79 Å². The van der Waals surface area contributed by atoms with Crippen molar-refractivity contribution in [3.05, 3.63) is 48.0 Å². The number of carbonyl (C=O) groups is 1. The normalized spacial score (nSPS) is 10.1. The number of rotatable bonds is 6. The molecule has 0 radical (unpaired) electrons. The SMILES string of the molecule is COc1ccc(OC)c(NC(=O)CNc2cc(F)ccc2F)c1. The summed E-state index contributed by atoms with van der Waals surface area (Å²) in [5, 5.41) is 5.16. The summed E-state index contributed by atoms with van der Waals surface area (Å²) in [6, 6.07) is 7.90. The highest BCUT2D eigenvalue weighted by Gasteiger charge is 2.10. The van der Waals surface area contributed by atoms with Gasteiger partial charge in [0.2, 0.25) is 5.91 Å². The number of ether oxygens (including phenoxy) is 2. The van der Waals surface area contributed by atoms with Crippen LogP contribution in [0.3, 0.4) is 0 Å². The Bertz CT molecular complexity index is 708. The van der Waals surface area contributed by atoms with Crippen molar-refractivity contribution in [2.45, 2.75) is 0 Å². The average Bonchev–Trinajstić information content (AvgIpc) is 2.55. The van der Waals surface area contributed by atoms with Crippen LogP contribution in [0.25, 0.3) is 0 Å². The van der Waals surface area contributed by atoms with E-state index in [1.54, 1.807) is 18.2 Å². The highest BCUT2D eigenvalue weighted by molar-refractivity contribution is 5.95. The largest absolute Gasteiger partial charge is 0.497 e. The van der Waals surface area contributed by atoms with Crippen molar-refractivity contribution in [2.24, 2.45) is 0 Å². The summed E-state index contributed by atoms with van der Waals surface area (Å²) < 4.78 is 36.8. The number of carbonyl (C=O) groups excluding carboxylic acids is 1. The molecule has 122 valence electrons. The van der Waals surface area contributed by atoms with Crippen LogP contribution in [0, 0.1) is 11.6 Å². The topological polar surface area (TPSA) is 59.6 Å². The Morgan fingerprint density at radius 2 is 1.83 bits per heavy atom. The smallest absolute Gasteiger partial charge is 0.243 e. The average molecular weight is 322 g/mol. The molecular formula is C16H16F2N2O3. The lowest BCUT2D eigenvalue weighted by atomic mass is 10.2. The van der Waals surface area contributed by atoms with E-state index in [1.807, 2.05) is 0 Å². The molecule has 2 N–H and O–H groups in total. The number of hydrogen-bond acceptors (Lipinski definition) is 4. The van der Waals surface area contributed by atoms with Crippen LogP contribution < -0.4 is 20.1 Å². The molecule has 2 aromatic carbocycles. The van der Waals surface area contributed by atoms with Gasteiger partial charge in [-0.15, -0.1) is 0 Å². The summed E-state index contributed by atoms with van der Waals surface area (Å²) in [5.74, 6) is -0.677. The Balaban J connectivity index is 2.03. The fourth-order valence-corrected chi connectivity index (χ4v) is 1.91. The monoisotopic (exact) mass is 322 g/mol. The van der Waals surface area contributed by atoms with E-state index in [2.05, 4.69) is 10.6 Å². The van der Waals surface area contributed by atoms with Crippen LogP contribution in [0.5, 0.6) is 11.5 Å². The summed E-state index contributed by atoms with van der Waals surface area (Å²) in [7, 11) is 2.97. The van der Waals surface area contributed by atoms with Crippen molar-refractivity contribution in [1.82, 2.24) is 0 Å². The zero-order chi connectivity index (χ0) is 16.8. The van der Waals surface area contributed by atoms with E-state index in [-0.39, 0.29) is 12.2 Å². The molecule has 2 aromatic rings. The number of hydrogen-bond donors (Lipinski definition) is 2. The van der Waals surface area contributed by atoms with Crippen LogP contribution in [0.1, 0.15) is 0 Å². The molecule has 5 nitrogen and oxygen atoms in total. The lowest BCUT2D eigenvalue weighted by Crippen LogP contribution is -2.22. The van der Waals surface area contributed by atoms with Crippen molar-refractivity contribution in [1.29, 1.82) is 0 Å². The molecule has 0 atom stereocenters. The van der Waals surface area contributed by atoms with Gasteiger partial charge in [-0.1, -0.05) is 0 Å². The highest BCUT2D eigenvalue weighted by atomic mass is 19.1. The highest BCUT2D eigenvalue weighted by Crippen LogP contribution is 2.28. The van der Waals surface area contributed by atoms with Gasteiger partial charge < -0.3 is 20.1 Å².